The number of nitrogens with zero attached hydrogens (tertiary/aromatic N) is 3. The van der Waals surface area contributed by atoms with Crippen molar-refractivity contribution >= 4 is 34.3 Å². The summed E-state index contributed by atoms with van der Waals surface area (Å²) in [5.41, 5.74) is 7.73. The summed E-state index contributed by atoms with van der Waals surface area (Å²) in [5, 5.41) is 7.63. The summed E-state index contributed by atoms with van der Waals surface area (Å²) in [7, 11) is 1.99. The van der Waals surface area contributed by atoms with Gasteiger partial charge in [0.15, 0.2) is 0 Å². The molecule has 1 saturated carbocycles. The van der Waals surface area contributed by atoms with Gasteiger partial charge in [-0.05, 0) is 43.9 Å². The Morgan fingerprint density at radius 2 is 2.15 bits per heavy atom. The number of amides is 1. The van der Waals surface area contributed by atoms with E-state index in [4.69, 9.17) is 5.73 Å². The Hall–Kier alpha value is -3.09. The zero-order chi connectivity index (χ0) is 18.3. The van der Waals surface area contributed by atoms with Crippen LogP contribution in [0.1, 0.15) is 30.1 Å². The minimum Gasteiger partial charge on any atom is -0.365 e. The number of fused-ring (bicyclic) bond motifs is 1. The van der Waals surface area contributed by atoms with Crippen LogP contribution >= 0.6 is 0 Å². The van der Waals surface area contributed by atoms with Crippen LogP contribution in [-0.2, 0) is 7.05 Å². The second-order valence-electron chi connectivity index (χ2n) is 6.88. The van der Waals surface area contributed by atoms with Crippen LogP contribution in [0, 0.1) is 5.92 Å². The van der Waals surface area contributed by atoms with Crippen LogP contribution in [0.4, 0.5) is 17.5 Å². The summed E-state index contributed by atoms with van der Waals surface area (Å²) in [6, 6.07) is 8.29. The van der Waals surface area contributed by atoms with Gasteiger partial charge in [0.2, 0.25) is 5.95 Å². The first-order valence-corrected chi connectivity index (χ1v) is 8.77. The van der Waals surface area contributed by atoms with Crippen LogP contribution in [-0.4, -0.2) is 26.5 Å². The fourth-order valence-electron chi connectivity index (χ4n) is 3.18. The van der Waals surface area contributed by atoms with Gasteiger partial charge in [-0.3, -0.25) is 4.79 Å². The Morgan fingerprint density at radius 3 is 2.88 bits per heavy atom. The molecule has 0 bridgehead atoms. The van der Waals surface area contributed by atoms with Crippen molar-refractivity contribution in [2.45, 2.75) is 25.8 Å². The van der Waals surface area contributed by atoms with Crippen molar-refractivity contribution in [1.82, 2.24) is 14.5 Å². The quantitative estimate of drug-likeness (QED) is 0.635. The van der Waals surface area contributed by atoms with Gasteiger partial charge in [0.25, 0.3) is 5.91 Å². The molecular weight excluding hydrogens is 328 g/mol. The highest BCUT2D eigenvalue weighted by atomic mass is 16.1. The molecule has 1 aliphatic carbocycles. The summed E-state index contributed by atoms with van der Waals surface area (Å²) >= 11 is 0. The number of carbonyl (C=O) groups is 1. The first kappa shape index (κ1) is 16.4. The maximum atomic E-state index is 11.8. The molecule has 26 heavy (non-hydrogen) atoms. The molecule has 0 unspecified atom stereocenters. The van der Waals surface area contributed by atoms with Gasteiger partial charge in [0.1, 0.15) is 11.4 Å². The monoisotopic (exact) mass is 350 g/mol. The van der Waals surface area contributed by atoms with Crippen LogP contribution in [0.25, 0.3) is 10.9 Å². The Balaban J connectivity index is 1.69. The fourth-order valence-corrected chi connectivity index (χ4v) is 3.18. The van der Waals surface area contributed by atoms with E-state index in [0.29, 0.717) is 23.7 Å². The Morgan fingerprint density at radius 1 is 1.35 bits per heavy atom. The van der Waals surface area contributed by atoms with Gasteiger partial charge < -0.3 is 20.9 Å². The molecule has 1 amide bonds. The number of nitrogens with two attached hydrogens (primary N) is 1. The van der Waals surface area contributed by atoms with Crippen LogP contribution in [0.3, 0.4) is 0 Å². The average molecular weight is 350 g/mol. The zero-order valence-electron chi connectivity index (χ0n) is 14.9. The van der Waals surface area contributed by atoms with Crippen molar-refractivity contribution in [3.05, 3.63) is 42.2 Å². The smallest absolute Gasteiger partial charge is 0.254 e. The van der Waals surface area contributed by atoms with Gasteiger partial charge in [0.05, 0.1) is 0 Å². The molecule has 0 spiro atoms. The third-order valence-electron chi connectivity index (χ3n) is 4.92. The van der Waals surface area contributed by atoms with E-state index >= 15 is 0 Å². The number of aryl methyl sites for hydroxylation is 1. The van der Waals surface area contributed by atoms with Gasteiger partial charge >= 0.3 is 0 Å². The molecule has 0 radical (unpaired) electrons. The second kappa shape index (κ2) is 6.33. The maximum absolute atomic E-state index is 11.8. The van der Waals surface area contributed by atoms with Crippen LogP contribution in [0.15, 0.2) is 36.7 Å². The highest BCUT2D eigenvalue weighted by Crippen LogP contribution is 2.34. The minimum atomic E-state index is -0.561. The SMILES string of the molecule is C[C@@H](Nc1ncc(C(N)=O)c(Nc2cccc3c2ccn3C)n1)C1CC1. The third kappa shape index (κ3) is 3.08. The van der Waals surface area contributed by atoms with E-state index in [2.05, 4.69) is 27.5 Å². The predicted octanol–water partition coefficient (Wildman–Crippen LogP) is 3.02. The number of hydrogen-bond acceptors (Lipinski definition) is 5. The van der Waals surface area contributed by atoms with Gasteiger partial charge in [-0.1, -0.05) is 6.07 Å². The first-order chi connectivity index (χ1) is 12.5. The molecule has 1 aromatic carbocycles. The average Bonchev–Trinajstić information content (AvgIpc) is 3.39. The molecule has 7 heteroatoms. The van der Waals surface area contributed by atoms with E-state index in [1.165, 1.54) is 19.0 Å². The van der Waals surface area contributed by atoms with E-state index in [-0.39, 0.29) is 5.56 Å². The number of aromatic nitrogens is 3. The van der Waals surface area contributed by atoms with Gasteiger partial charge in [-0.15, -0.1) is 0 Å². The summed E-state index contributed by atoms with van der Waals surface area (Å²) in [6.45, 7) is 2.13. The fraction of sp³-hybridized carbons (Fsp3) is 0.316. The van der Waals surface area contributed by atoms with E-state index in [9.17, 15) is 4.79 Å². The zero-order valence-corrected chi connectivity index (χ0v) is 14.9. The molecule has 0 saturated heterocycles. The van der Waals surface area contributed by atoms with Gasteiger partial charge in [-0.2, -0.15) is 4.98 Å². The summed E-state index contributed by atoms with van der Waals surface area (Å²) in [4.78, 5) is 20.6. The molecule has 1 fully saturated rings. The molecule has 2 aromatic heterocycles. The lowest BCUT2D eigenvalue weighted by atomic mass is 10.2. The van der Waals surface area contributed by atoms with Crippen molar-refractivity contribution in [3.8, 4) is 0 Å². The number of carbonyl (C=O) groups excluding carboxylic acids is 1. The first-order valence-electron chi connectivity index (χ1n) is 8.77. The van der Waals surface area contributed by atoms with Crippen molar-refractivity contribution in [3.63, 3.8) is 0 Å². The number of nitrogens with one attached hydrogen (secondary N) is 2. The summed E-state index contributed by atoms with van der Waals surface area (Å²) < 4.78 is 2.04. The maximum Gasteiger partial charge on any atom is 0.254 e. The molecule has 7 nitrogen and oxygen atoms in total. The van der Waals surface area contributed by atoms with E-state index in [1.807, 2.05) is 42.1 Å². The number of benzene rings is 1. The van der Waals surface area contributed by atoms with Gasteiger partial charge in [-0.25, -0.2) is 4.98 Å². The molecule has 0 aliphatic heterocycles. The molecule has 3 aromatic rings. The Labute approximate surface area is 151 Å². The Kier molecular flexibility index (Phi) is 3.99. The molecule has 134 valence electrons. The largest absolute Gasteiger partial charge is 0.365 e. The molecule has 1 aliphatic rings. The lowest BCUT2D eigenvalue weighted by molar-refractivity contribution is 0.100. The van der Waals surface area contributed by atoms with E-state index < -0.39 is 5.91 Å². The van der Waals surface area contributed by atoms with Crippen molar-refractivity contribution in [2.24, 2.45) is 18.7 Å². The number of anilines is 3. The molecule has 4 rings (SSSR count). The van der Waals surface area contributed by atoms with E-state index in [1.54, 1.807) is 0 Å². The van der Waals surface area contributed by atoms with Crippen LogP contribution in [0.5, 0.6) is 0 Å². The van der Waals surface area contributed by atoms with Crippen molar-refractivity contribution in [2.75, 3.05) is 10.6 Å². The highest BCUT2D eigenvalue weighted by molar-refractivity contribution is 6.00. The van der Waals surface area contributed by atoms with Crippen LogP contribution in [0.2, 0.25) is 0 Å². The summed E-state index contributed by atoms with van der Waals surface area (Å²) in [6.07, 6.45) is 5.93. The third-order valence-corrected chi connectivity index (χ3v) is 4.92. The Bertz CT molecular complexity index is 975. The molecule has 2 heterocycles. The lowest BCUT2D eigenvalue weighted by Gasteiger charge is -2.15. The number of primary amides is 1. The second-order valence-corrected chi connectivity index (χ2v) is 6.88. The predicted molar refractivity (Wildman–Crippen MR) is 103 cm³/mol. The van der Waals surface area contributed by atoms with Crippen molar-refractivity contribution in [1.29, 1.82) is 0 Å². The normalized spacial score (nSPS) is 15.0. The molecule has 1 atom stereocenters. The van der Waals surface area contributed by atoms with Gasteiger partial charge in [0, 0.05) is 42.1 Å². The lowest BCUT2D eigenvalue weighted by Crippen LogP contribution is -2.21. The van der Waals surface area contributed by atoms with Crippen molar-refractivity contribution < 1.29 is 4.79 Å². The molecular formula is C19H22N6O. The topological polar surface area (TPSA) is 97.9 Å². The standard InChI is InChI=1S/C19H22N6O/c1-11(12-6-7-12)22-19-21-10-14(17(20)26)18(24-19)23-15-4-3-5-16-13(15)8-9-25(16)2/h3-5,8-12H,6-7H2,1-2H3,(H2,20,26)(H2,21,22,23,24)/t11-/m1/s1. The number of hydrogen-bond donors (Lipinski definition) is 3. The molecule has 4 N–H and O–H groups in total. The minimum absolute atomic E-state index is 0.266. The number of rotatable bonds is 6. The van der Waals surface area contributed by atoms with E-state index in [0.717, 1.165) is 16.6 Å². The van der Waals surface area contributed by atoms with Crippen LogP contribution < -0.4 is 16.4 Å². The highest BCUT2D eigenvalue weighted by Gasteiger charge is 2.28. The summed E-state index contributed by atoms with van der Waals surface area (Å²) in [5.74, 6) is 1.02.